The van der Waals surface area contributed by atoms with Gasteiger partial charge in [-0.3, -0.25) is 0 Å². The van der Waals surface area contributed by atoms with Crippen LogP contribution in [0.5, 0.6) is 11.5 Å². The third-order valence-corrected chi connectivity index (χ3v) is 3.63. The molecule has 2 rings (SSSR count). The lowest BCUT2D eigenvalue weighted by Crippen LogP contribution is -2.60. The number of rotatable bonds is 5. The highest BCUT2D eigenvalue weighted by atomic mass is 16.7. The number of ether oxygens (including phenoxy) is 3. The Bertz CT molecular complexity index is 628. The molecule has 0 saturated carbocycles. The van der Waals surface area contributed by atoms with Crippen LogP contribution in [0, 0.1) is 0 Å². The molecule has 9 nitrogen and oxygen atoms in total. The standard InChI is InChI=1S/C16H20O9/c1-23-12(19)3-2-8-4-9(18)6-10(5-8)24-16-15(22)14(21)13(20)11(7-17)25-16/h2-6,11,13-18,20-22H,7H2,1H3/t11-,13-,14+,15-,16-/m1/s1. The first-order valence-corrected chi connectivity index (χ1v) is 7.43. The van der Waals surface area contributed by atoms with E-state index in [4.69, 9.17) is 14.6 Å². The Kier molecular flexibility index (Phi) is 6.34. The molecule has 1 heterocycles. The molecule has 1 fully saturated rings. The van der Waals surface area contributed by atoms with Crippen molar-refractivity contribution in [1.29, 1.82) is 0 Å². The summed E-state index contributed by atoms with van der Waals surface area (Å²) in [5, 5.41) is 48.3. The molecule has 0 radical (unpaired) electrons. The summed E-state index contributed by atoms with van der Waals surface area (Å²) in [6.45, 7) is -0.585. The van der Waals surface area contributed by atoms with Gasteiger partial charge >= 0.3 is 5.97 Å². The predicted octanol–water partition coefficient (Wildman–Crippen LogP) is -1.24. The van der Waals surface area contributed by atoms with Gasteiger partial charge in [-0.1, -0.05) is 0 Å². The fourth-order valence-corrected chi connectivity index (χ4v) is 2.30. The lowest BCUT2D eigenvalue weighted by Gasteiger charge is -2.39. The first-order valence-electron chi connectivity index (χ1n) is 7.43. The Morgan fingerprint density at radius 1 is 1.20 bits per heavy atom. The van der Waals surface area contributed by atoms with Gasteiger partial charge in [0, 0.05) is 12.1 Å². The van der Waals surface area contributed by atoms with Crippen molar-refractivity contribution < 1.29 is 44.5 Å². The Hall–Kier alpha value is -2.17. The van der Waals surface area contributed by atoms with Gasteiger partial charge in [0.1, 0.15) is 35.9 Å². The molecule has 9 heteroatoms. The normalized spacial score (nSPS) is 29.6. The van der Waals surface area contributed by atoms with Crippen LogP contribution in [0.3, 0.4) is 0 Å². The van der Waals surface area contributed by atoms with Crippen molar-refractivity contribution in [3.05, 3.63) is 29.8 Å². The summed E-state index contributed by atoms with van der Waals surface area (Å²) in [6, 6.07) is 4.04. The number of aliphatic hydroxyl groups excluding tert-OH is 4. The molecule has 5 N–H and O–H groups in total. The molecule has 1 aliphatic heterocycles. The van der Waals surface area contributed by atoms with Crippen LogP contribution in [0.15, 0.2) is 24.3 Å². The summed E-state index contributed by atoms with van der Waals surface area (Å²) in [7, 11) is 1.22. The zero-order valence-corrected chi connectivity index (χ0v) is 13.3. The highest BCUT2D eigenvalue weighted by molar-refractivity contribution is 5.87. The van der Waals surface area contributed by atoms with E-state index in [1.165, 1.54) is 31.4 Å². The number of phenols is 1. The number of hydrogen-bond acceptors (Lipinski definition) is 9. The highest BCUT2D eigenvalue weighted by Gasteiger charge is 2.44. The number of benzene rings is 1. The average Bonchev–Trinajstić information content (AvgIpc) is 2.59. The Labute approximate surface area is 143 Å². The summed E-state index contributed by atoms with van der Waals surface area (Å²) < 4.78 is 15.1. The van der Waals surface area contributed by atoms with E-state index in [0.29, 0.717) is 5.56 Å². The Balaban J connectivity index is 2.17. The minimum Gasteiger partial charge on any atom is -0.508 e. The third kappa shape index (κ3) is 4.68. The minimum absolute atomic E-state index is 0.0776. The molecule has 0 aliphatic carbocycles. The average molecular weight is 356 g/mol. The Morgan fingerprint density at radius 3 is 2.56 bits per heavy atom. The van der Waals surface area contributed by atoms with Crippen molar-refractivity contribution in [2.24, 2.45) is 0 Å². The highest BCUT2D eigenvalue weighted by Crippen LogP contribution is 2.28. The smallest absolute Gasteiger partial charge is 0.330 e. The molecule has 0 amide bonds. The van der Waals surface area contributed by atoms with E-state index >= 15 is 0 Å². The second kappa shape index (κ2) is 8.28. The largest absolute Gasteiger partial charge is 0.508 e. The van der Waals surface area contributed by atoms with Gasteiger partial charge in [-0.25, -0.2) is 4.79 Å². The van der Waals surface area contributed by atoms with Crippen LogP contribution in [0.4, 0.5) is 0 Å². The van der Waals surface area contributed by atoms with Gasteiger partial charge in [0.25, 0.3) is 0 Å². The molecule has 5 atom stereocenters. The van der Waals surface area contributed by atoms with Crippen LogP contribution in [-0.4, -0.2) is 75.9 Å². The lowest BCUT2D eigenvalue weighted by molar-refractivity contribution is -0.277. The van der Waals surface area contributed by atoms with E-state index in [0.717, 1.165) is 6.08 Å². The van der Waals surface area contributed by atoms with E-state index in [1.807, 2.05) is 0 Å². The van der Waals surface area contributed by atoms with E-state index in [9.17, 15) is 25.2 Å². The molecule has 0 bridgehead atoms. The van der Waals surface area contributed by atoms with Crippen LogP contribution in [0.1, 0.15) is 5.56 Å². The van der Waals surface area contributed by atoms with E-state index in [2.05, 4.69) is 4.74 Å². The first-order chi connectivity index (χ1) is 11.8. The summed E-state index contributed by atoms with van der Waals surface area (Å²) >= 11 is 0. The van der Waals surface area contributed by atoms with Crippen molar-refractivity contribution in [2.45, 2.75) is 30.7 Å². The number of hydrogen-bond donors (Lipinski definition) is 5. The fourth-order valence-electron chi connectivity index (χ4n) is 2.30. The number of carbonyl (C=O) groups is 1. The summed E-state index contributed by atoms with van der Waals surface area (Å²) in [5.74, 6) is -0.680. The zero-order chi connectivity index (χ0) is 18.6. The maximum Gasteiger partial charge on any atom is 0.330 e. The molecular formula is C16H20O9. The lowest BCUT2D eigenvalue weighted by atomic mass is 9.99. The second-order valence-corrected chi connectivity index (χ2v) is 5.43. The maximum atomic E-state index is 11.1. The molecular weight excluding hydrogens is 336 g/mol. The van der Waals surface area contributed by atoms with Gasteiger partial charge in [-0.2, -0.15) is 0 Å². The van der Waals surface area contributed by atoms with Gasteiger partial charge in [-0.15, -0.1) is 0 Å². The molecule has 138 valence electrons. The number of aliphatic hydroxyl groups is 4. The number of methoxy groups -OCH3 is 1. The van der Waals surface area contributed by atoms with Gasteiger partial charge in [0.15, 0.2) is 0 Å². The van der Waals surface area contributed by atoms with Crippen LogP contribution in [0.2, 0.25) is 0 Å². The Morgan fingerprint density at radius 2 is 1.92 bits per heavy atom. The SMILES string of the molecule is COC(=O)C=Cc1cc(O)cc(O[C@@H]2O[C@H](CO)[C@@H](O)[C@H](O)[C@H]2O)c1. The molecule has 1 aromatic carbocycles. The topological polar surface area (TPSA) is 146 Å². The monoisotopic (exact) mass is 356 g/mol. The second-order valence-electron chi connectivity index (χ2n) is 5.43. The third-order valence-electron chi connectivity index (χ3n) is 3.63. The van der Waals surface area contributed by atoms with E-state index in [-0.39, 0.29) is 11.5 Å². The van der Waals surface area contributed by atoms with Crippen LogP contribution >= 0.6 is 0 Å². The van der Waals surface area contributed by atoms with Crippen LogP contribution < -0.4 is 4.74 Å². The number of phenolic OH excluding ortho intramolecular Hbond substituents is 1. The summed E-state index contributed by atoms with van der Waals surface area (Å²) in [4.78, 5) is 11.1. The predicted molar refractivity (Wildman–Crippen MR) is 83.6 cm³/mol. The fraction of sp³-hybridized carbons (Fsp3) is 0.438. The van der Waals surface area contributed by atoms with Crippen molar-refractivity contribution in [2.75, 3.05) is 13.7 Å². The number of aromatic hydroxyl groups is 1. The number of esters is 1. The van der Waals surface area contributed by atoms with Gasteiger partial charge in [0.05, 0.1) is 13.7 Å². The van der Waals surface area contributed by atoms with E-state index < -0.39 is 43.3 Å². The van der Waals surface area contributed by atoms with Gasteiger partial charge in [0.2, 0.25) is 6.29 Å². The van der Waals surface area contributed by atoms with Gasteiger partial charge < -0.3 is 39.7 Å². The van der Waals surface area contributed by atoms with Crippen molar-refractivity contribution in [3.63, 3.8) is 0 Å². The van der Waals surface area contributed by atoms with Crippen molar-refractivity contribution >= 4 is 12.0 Å². The minimum atomic E-state index is -1.58. The molecule has 0 spiro atoms. The quantitative estimate of drug-likeness (QED) is 0.323. The van der Waals surface area contributed by atoms with Crippen LogP contribution in [-0.2, 0) is 14.3 Å². The molecule has 0 unspecified atom stereocenters. The number of carbonyl (C=O) groups excluding carboxylic acids is 1. The van der Waals surface area contributed by atoms with Gasteiger partial charge in [-0.05, 0) is 23.8 Å². The molecule has 1 aromatic rings. The molecule has 1 saturated heterocycles. The zero-order valence-electron chi connectivity index (χ0n) is 13.3. The first kappa shape index (κ1) is 19.2. The van der Waals surface area contributed by atoms with Crippen molar-refractivity contribution in [3.8, 4) is 11.5 Å². The molecule has 25 heavy (non-hydrogen) atoms. The van der Waals surface area contributed by atoms with Crippen molar-refractivity contribution in [1.82, 2.24) is 0 Å². The van der Waals surface area contributed by atoms with Crippen LogP contribution in [0.25, 0.3) is 6.08 Å². The van der Waals surface area contributed by atoms with E-state index in [1.54, 1.807) is 0 Å². The molecule has 1 aliphatic rings. The summed E-state index contributed by atoms with van der Waals surface area (Å²) in [5.41, 5.74) is 0.407. The maximum absolute atomic E-state index is 11.1. The summed E-state index contributed by atoms with van der Waals surface area (Å²) in [6.07, 6.45) is -4.61. The molecule has 0 aromatic heterocycles.